The van der Waals surface area contributed by atoms with Gasteiger partial charge in [-0.05, 0) is 37.1 Å². The van der Waals surface area contributed by atoms with Gasteiger partial charge in [-0.1, -0.05) is 19.1 Å². The predicted octanol–water partition coefficient (Wildman–Crippen LogP) is 1.84. The van der Waals surface area contributed by atoms with Crippen LogP contribution in [0.15, 0.2) is 24.3 Å². The fourth-order valence-corrected chi connectivity index (χ4v) is 3.33. The van der Waals surface area contributed by atoms with Gasteiger partial charge in [-0.2, -0.15) is 0 Å². The third-order valence-corrected chi connectivity index (χ3v) is 5.16. The van der Waals surface area contributed by atoms with Crippen molar-refractivity contribution in [3.63, 3.8) is 0 Å². The van der Waals surface area contributed by atoms with Gasteiger partial charge in [-0.3, -0.25) is 4.90 Å². The molecule has 3 rings (SSSR count). The van der Waals surface area contributed by atoms with Gasteiger partial charge >= 0.3 is 6.03 Å². The lowest BCUT2D eigenvalue weighted by atomic mass is 10.0. The molecule has 0 radical (unpaired) electrons. The maximum atomic E-state index is 12.0. The van der Waals surface area contributed by atoms with Gasteiger partial charge in [-0.15, -0.1) is 0 Å². The third kappa shape index (κ3) is 5.09. The molecule has 138 valence electrons. The first-order valence-corrected chi connectivity index (χ1v) is 9.34. The van der Waals surface area contributed by atoms with Crippen LogP contribution in [0.4, 0.5) is 4.79 Å². The first kappa shape index (κ1) is 18.0. The summed E-state index contributed by atoms with van der Waals surface area (Å²) in [5.41, 5.74) is 1.22. The molecule has 6 heteroatoms. The average Bonchev–Trinajstić information content (AvgIpc) is 3.47. The lowest BCUT2D eigenvalue weighted by Gasteiger charge is -2.39. The molecule has 0 bridgehead atoms. The Morgan fingerprint density at radius 1 is 1.20 bits per heavy atom. The molecule has 1 aromatic rings. The molecule has 1 saturated carbocycles. The summed E-state index contributed by atoms with van der Waals surface area (Å²) in [6, 6.07) is 8.73. The Morgan fingerprint density at radius 2 is 1.88 bits per heavy atom. The van der Waals surface area contributed by atoms with Gasteiger partial charge < -0.3 is 20.3 Å². The summed E-state index contributed by atoms with van der Waals surface area (Å²) in [6.45, 7) is 8.14. The van der Waals surface area contributed by atoms with E-state index in [2.05, 4.69) is 39.5 Å². The molecule has 2 amide bonds. The van der Waals surface area contributed by atoms with E-state index in [1.165, 1.54) is 5.56 Å². The van der Waals surface area contributed by atoms with Crippen molar-refractivity contribution in [3.8, 4) is 5.75 Å². The molecule has 6 nitrogen and oxygen atoms in total. The zero-order valence-corrected chi connectivity index (χ0v) is 15.3. The lowest BCUT2D eigenvalue weighted by molar-refractivity contribution is 0.0989. The van der Waals surface area contributed by atoms with Crippen LogP contribution in [-0.4, -0.2) is 68.3 Å². The highest BCUT2D eigenvalue weighted by Gasteiger charge is 2.27. The van der Waals surface area contributed by atoms with Gasteiger partial charge in [0, 0.05) is 38.8 Å². The summed E-state index contributed by atoms with van der Waals surface area (Å²) in [7, 11) is 1.68. The number of hydrogen-bond acceptors (Lipinski definition) is 4. The number of methoxy groups -OCH3 is 1. The zero-order valence-electron chi connectivity index (χ0n) is 15.3. The molecule has 1 aromatic carbocycles. The summed E-state index contributed by atoms with van der Waals surface area (Å²) in [4.78, 5) is 17.0. The molecule has 2 aliphatic rings. The van der Waals surface area contributed by atoms with Crippen LogP contribution >= 0.6 is 0 Å². The molecule has 1 atom stereocenters. The number of benzene rings is 1. The Bertz CT molecular complexity index is 551. The number of urea groups is 1. The van der Waals surface area contributed by atoms with E-state index < -0.39 is 0 Å². The number of nitrogens with zero attached hydrogens (tertiary/aromatic N) is 2. The Labute approximate surface area is 150 Å². The molecule has 1 unspecified atom stereocenters. The van der Waals surface area contributed by atoms with Crippen LogP contribution in [0.1, 0.15) is 31.4 Å². The van der Waals surface area contributed by atoms with Crippen LogP contribution in [0.25, 0.3) is 0 Å². The third-order valence-electron chi connectivity index (χ3n) is 5.16. The fraction of sp³-hybridized carbons (Fsp3) is 0.632. The van der Waals surface area contributed by atoms with Crippen molar-refractivity contribution in [2.45, 2.75) is 31.8 Å². The van der Waals surface area contributed by atoms with Crippen molar-refractivity contribution < 1.29 is 9.53 Å². The highest BCUT2D eigenvalue weighted by Crippen LogP contribution is 2.24. The SMILES string of the molecule is CCN1CCN(C(CNC(=O)NC2CC2)c2ccc(OC)cc2)CC1. The Balaban J connectivity index is 1.64. The normalized spacial score (nSPS) is 20.1. The van der Waals surface area contributed by atoms with E-state index in [4.69, 9.17) is 4.74 Å². The standard InChI is InChI=1S/C19H30N4O2/c1-3-22-10-12-23(13-11-22)18(14-20-19(24)21-16-6-7-16)15-4-8-17(25-2)9-5-15/h4-5,8-9,16,18H,3,6-7,10-14H2,1-2H3,(H2,20,21,24). The first-order chi connectivity index (χ1) is 12.2. The maximum Gasteiger partial charge on any atom is 0.315 e. The molecular weight excluding hydrogens is 316 g/mol. The van der Waals surface area contributed by atoms with Gasteiger partial charge in [-0.25, -0.2) is 4.79 Å². The number of amides is 2. The quantitative estimate of drug-likeness (QED) is 0.791. The number of carbonyl (C=O) groups is 1. The Morgan fingerprint density at radius 3 is 2.44 bits per heavy atom. The molecule has 1 aliphatic heterocycles. The van der Waals surface area contributed by atoms with E-state index in [0.29, 0.717) is 12.6 Å². The van der Waals surface area contributed by atoms with E-state index in [9.17, 15) is 4.79 Å². The van der Waals surface area contributed by atoms with Crippen LogP contribution < -0.4 is 15.4 Å². The van der Waals surface area contributed by atoms with Crippen molar-refractivity contribution >= 4 is 6.03 Å². The second kappa shape index (κ2) is 8.54. The van der Waals surface area contributed by atoms with Crippen LogP contribution in [0.2, 0.25) is 0 Å². The second-order valence-corrected chi connectivity index (χ2v) is 6.89. The minimum Gasteiger partial charge on any atom is -0.497 e. The topological polar surface area (TPSA) is 56.8 Å². The van der Waals surface area contributed by atoms with Crippen LogP contribution in [0.3, 0.4) is 0 Å². The maximum absolute atomic E-state index is 12.0. The lowest BCUT2D eigenvalue weighted by Crippen LogP contribution is -2.50. The molecule has 2 N–H and O–H groups in total. The molecule has 1 saturated heterocycles. The van der Waals surface area contributed by atoms with Gasteiger partial charge in [0.15, 0.2) is 0 Å². The van der Waals surface area contributed by atoms with Crippen LogP contribution in [0, 0.1) is 0 Å². The number of hydrogen-bond donors (Lipinski definition) is 2. The number of rotatable bonds is 7. The van der Waals surface area contributed by atoms with Gasteiger partial charge in [0.05, 0.1) is 13.2 Å². The second-order valence-electron chi connectivity index (χ2n) is 6.89. The fourth-order valence-electron chi connectivity index (χ4n) is 3.33. The van der Waals surface area contributed by atoms with E-state index in [1.807, 2.05) is 12.1 Å². The van der Waals surface area contributed by atoms with Gasteiger partial charge in [0.25, 0.3) is 0 Å². The van der Waals surface area contributed by atoms with Crippen LogP contribution in [-0.2, 0) is 0 Å². The zero-order chi connectivity index (χ0) is 17.6. The van der Waals surface area contributed by atoms with Gasteiger partial charge in [0.2, 0.25) is 0 Å². The summed E-state index contributed by atoms with van der Waals surface area (Å²) < 4.78 is 5.27. The molecule has 1 heterocycles. The van der Waals surface area contributed by atoms with Crippen LogP contribution in [0.5, 0.6) is 5.75 Å². The minimum absolute atomic E-state index is 0.0480. The number of likely N-dealkylation sites (N-methyl/N-ethyl adjacent to an activating group) is 1. The molecule has 0 aromatic heterocycles. The molecule has 25 heavy (non-hydrogen) atoms. The Kier molecular flexibility index (Phi) is 6.15. The minimum atomic E-state index is -0.0480. The number of nitrogens with one attached hydrogen (secondary N) is 2. The average molecular weight is 346 g/mol. The molecule has 1 aliphatic carbocycles. The largest absolute Gasteiger partial charge is 0.497 e. The van der Waals surface area contributed by atoms with E-state index in [1.54, 1.807) is 7.11 Å². The summed E-state index contributed by atoms with van der Waals surface area (Å²) in [6.07, 6.45) is 2.21. The van der Waals surface area contributed by atoms with Crippen molar-refractivity contribution in [2.24, 2.45) is 0 Å². The summed E-state index contributed by atoms with van der Waals surface area (Å²) in [5, 5.41) is 6.07. The highest BCUT2D eigenvalue weighted by molar-refractivity contribution is 5.74. The molecule has 2 fully saturated rings. The number of piperazine rings is 1. The van der Waals surface area contributed by atoms with Gasteiger partial charge in [0.1, 0.15) is 5.75 Å². The first-order valence-electron chi connectivity index (χ1n) is 9.34. The van der Waals surface area contributed by atoms with E-state index in [0.717, 1.165) is 51.3 Å². The van der Waals surface area contributed by atoms with E-state index in [-0.39, 0.29) is 12.1 Å². The smallest absolute Gasteiger partial charge is 0.315 e. The molecular formula is C19H30N4O2. The van der Waals surface area contributed by atoms with Crippen molar-refractivity contribution in [2.75, 3.05) is 46.4 Å². The van der Waals surface area contributed by atoms with Crippen molar-refractivity contribution in [1.29, 1.82) is 0 Å². The van der Waals surface area contributed by atoms with E-state index >= 15 is 0 Å². The summed E-state index contributed by atoms with van der Waals surface area (Å²) >= 11 is 0. The number of ether oxygens (including phenoxy) is 1. The summed E-state index contributed by atoms with van der Waals surface area (Å²) in [5.74, 6) is 0.859. The predicted molar refractivity (Wildman–Crippen MR) is 99.0 cm³/mol. The van der Waals surface area contributed by atoms with Crippen molar-refractivity contribution in [3.05, 3.63) is 29.8 Å². The highest BCUT2D eigenvalue weighted by atomic mass is 16.5. The van der Waals surface area contributed by atoms with Crippen molar-refractivity contribution in [1.82, 2.24) is 20.4 Å². The molecule has 0 spiro atoms. The Hall–Kier alpha value is -1.79. The monoisotopic (exact) mass is 346 g/mol. The number of carbonyl (C=O) groups excluding carboxylic acids is 1.